The molecular weight excluding hydrogens is 210 g/mol. The molecule has 0 atom stereocenters. The Morgan fingerprint density at radius 1 is 0.600 bits per heavy atom. The maximum absolute atomic E-state index is 0. The van der Waals surface area contributed by atoms with Crippen LogP contribution in [0.25, 0.3) is 0 Å². The molecule has 0 aromatic carbocycles. The molecule has 0 saturated heterocycles. The molecule has 0 saturated carbocycles. The maximum atomic E-state index is 0. The summed E-state index contributed by atoms with van der Waals surface area (Å²) in [6.45, 7) is 0. The molecule has 32 valence electrons. The van der Waals surface area contributed by atoms with Crippen LogP contribution in [0.1, 0.15) is 0 Å². The van der Waals surface area contributed by atoms with E-state index in [1.54, 1.807) is 0 Å². The summed E-state index contributed by atoms with van der Waals surface area (Å²) >= 11 is 0. The van der Waals surface area contributed by atoms with Gasteiger partial charge in [0.25, 0.3) is 0 Å². The molecule has 0 amide bonds. The van der Waals surface area contributed by atoms with Crippen LogP contribution in [0, 0.1) is 7.43 Å². The molecule has 0 aliphatic rings. The molecule has 0 radical (unpaired) electrons. The summed E-state index contributed by atoms with van der Waals surface area (Å²) in [6.07, 6.45) is 0. The molecule has 0 rings (SSSR count). The zero-order valence-corrected chi connectivity index (χ0v) is 7.36. The Bertz CT molecular complexity index is 6.85. The summed E-state index contributed by atoms with van der Waals surface area (Å²) in [5.74, 6) is 0. The Labute approximate surface area is 70.4 Å². The van der Waals surface area contributed by atoms with Crippen LogP contribution in [-0.4, -0.2) is 0 Å². The molecule has 4 heteroatoms. The Hall–Kier alpha value is 1.75. The quantitative estimate of drug-likeness (QED) is 0.350. The standard InChI is InChI=1S/CH3.3ClH.Zr/h1H3;3*1H;/q-1;;;;+4/p-3. The molecule has 0 spiro atoms. The van der Waals surface area contributed by atoms with Crippen LogP contribution in [0.3, 0.4) is 0 Å². The van der Waals surface area contributed by atoms with Crippen LogP contribution in [0.4, 0.5) is 0 Å². The van der Waals surface area contributed by atoms with E-state index in [0.29, 0.717) is 0 Å². The van der Waals surface area contributed by atoms with Crippen molar-refractivity contribution in [3.8, 4) is 0 Å². The first kappa shape index (κ1) is 72.7. The van der Waals surface area contributed by atoms with Crippen molar-refractivity contribution in [1.29, 1.82) is 0 Å². The smallest absolute Gasteiger partial charge is 1.00 e. The average molecular weight is 213 g/mol. The fraction of sp³-hybridized carbons (Fsp3) is 0. The van der Waals surface area contributed by atoms with Gasteiger partial charge in [-0.25, -0.2) is 0 Å². The number of halogens is 3. The molecule has 0 N–H and O–H groups in total. The van der Waals surface area contributed by atoms with E-state index in [2.05, 4.69) is 0 Å². The van der Waals surface area contributed by atoms with Gasteiger partial charge in [-0.2, -0.15) is 0 Å². The second-order valence-corrected chi connectivity index (χ2v) is 0. The third-order valence-corrected chi connectivity index (χ3v) is 0. The molecule has 0 aliphatic carbocycles. The van der Waals surface area contributed by atoms with Crippen molar-refractivity contribution in [1.82, 2.24) is 0 Å². The van der Waals surface area contributed by atoms with Crippen molar-refractivity contribution in [2.24, 2.45) is 0 Å². The molecule has 5 heavy (non-hydrogen) atoms. The van der Waals surface area contributed by atoms with Crippen molar-refractivity contribution < 1.29 is 63.4 Å². The van der Waals surface area contributed by atoms with Gasteiger partial charge in [-0.05, 0) is 0 Å². The average Bonchev–Trinajstić information content (AvgIpc) is 0. The molecule has 0 nitrogen and oxygen atoms in total. The van der Waals surface area contributed by atoms with Crippen LogP contribution in [0.2, 0.25) is 0 Å². The van der Waals surface area contributed by atoms with Crippen LogP contribution >= 0.6 is 0 Å². The zero-order chi connectivity index (χ0) is 0. The number of hydrogen-bond donors (Lipinski definition) is 0. The summed E-state index contributed by atoms with van der Waals surface area (Å²) in [7, 11) is 0. The predicted octanol–water partition coefficient (Wildman–Crippen LogP) is -8.54. The van der Waals surface area contributed by atoms with Crippen molar-refractivity contribution in [3.05, 3.63) is 7.43 Å². The van der Waals surface area contributed by atoms with E-state index in [0.717, 1.165) is 0 Å². The second-order valence-electron chi connectivity index (χ2n) is 0. The summed E-state index contributed by atoms with van der Waals surface area (Å²) < 4.78 is 0. The van der Waals surface area contributed by atoms with Crippen molar-refractivity contribution in [3.63, 3.8) is 0 Å². The second kappa shape index (κ2) is 42.3. The number of rotatable bonds is 0. The molecule has 0 aromatic rings. The van der Waals surface area contributed by atoms with Crippen molar-refractivity contribution in [2.45, 2.75) is 0 Å². The summed E-state index contributed by atoms with van der Waals surface area (Å²) in [5.41, 5.74) is 0. The SMILES string of the molecule is [CH3-].[Cl-].[Cl-].[Cl-].[Zr+4]. The van der Waals surface area contributed by atoms with Gasteiger partial charge < -0.3 is 44.6 Å². The Balaban J connectivity index is 0. The molecule has 0 aromatic heterocycles. The molecule has 0 unspecified atom stereocenters. The van der Waals surface area contributed by atoms with Gasteiger partial charge in [-0.1, -0.05) is 0 Å². The summed E-state index contributed by atoms with van der Waals surface area (Å²) in [6, 6.07) is 0. The topological polar surface area (TPSA) is 0 Å². The first-order valence-corrected chi connectivity index (χ1v) is 0. The molecule has 0 fully saturated rings. The minimum atomic E-state index is 0. The maximum Gasteiger partial charge on any atom is 4.00 e. The predicted molar refractivity (Wildman–Crippen MR) is 6.41 cm³/mol. The van der Waals surface area contributed by atoms with Gasteiger partial charge in [0.1, 0.15) is 0 Å². The van der Waals surface area contributed by atoms with Crippen LogP contribution in [-0.2, 0) is 26.2 Å². The van der Waals surface area contributed by atoms with E-state index in [1.165, 1.54) is 0 Å². The Kier molecular flexibility index (Phi) is 615. The summed E-state index contributed by atoms with van der Waals surface area (Å²) in [4.78, 5) is 0. The fourth-order valence-corrected chi connectivity index (χ4v) is 0. The third kappa shape index (κ3) is 26.4. The monoisotopic (exact) mass is 210 g/mol. The van der Waals surface area contributed by atoms with Gasteiger partial charge in [0.2, 0.25) is 0 Å². The van der Waals surface area contributed by atoms with E-state index in [9.17, 15) is 0 Å². The normalized spacial score (nSPS) is 0. The molecular formula is CH3Cl3Zr. The van der Waals surface area contributed by atoms with Crippen molar-refractivity contribution >= 4 is 0 Å². The van der Waals surface area contributed by atoms with Crippen LogP contribution in [0.5, 0.6) is 0 Å². The summed E-state index contributed by atoms with van der Waals surface area (Å²) in [5, 5.41) is 0. The number of hydrogen-bond acceptors (Lipinski definition) is 0. The van der Waals surface area contributed by atoms with Gasteiger partial charge in [-0.15, -0.1) is 0 Å². The minimum Gasteiger partial charge on any atom is -1.00 e. The van der Waals surface area contributed by atoms with Gasteiger partial charge in [0, 0.05) is 0 Å². The van der Waals surface area contributed by atoms with E-state index in [-0.39, 0.29) is 70.9 Å². The van der Waals surface area contributed by atoms with Gasteiger partial charge in [-0.3, -0.25) is 0 Å². The van der Waals surface area contributed by atoms with Crippen LogP contribution in [0.15, 0.2) is 0 Å². The fourth-order valence-electron chi connectivity index (χ4n) is 0. The Morgan fingerprint density at radius 3 is 0.600 bits per heavy atom. The van der Waals surface area contributed by atoms with E-state index in [4.69, 9.17) is 0 Å². The Morgan fingerprint density at radius 2 is 0.600 bits per heavy atom. The molecule has 0 heterocycles. The van der Waals surface area contributed by atoms with E-state index >= 15 is 0 Å². The van der Waals surface area contributed by atoms with E-state index in [1.807, 2.05) is 0 Å². The van der Waals surface area contributed by atoms with Crippen molar-refractivity contribution in [2.75, 3.05) is 0 Å². The third-order valence-electron chi connectivity index (χ3n) is 0. The van der Waals surface area contributed by atoms with Crippen LogP contribution < -0.4 is 37.2 Å². The van der Waals surface area contributed by atoms with Gasteiger partial charge >= 0.3 is 26.2 Å². The molecule has 0 bridgehead atoms. The van der Waals surface area contributed by atoms with Gasteiger partial charge in [0.15, 0.2) is 0 Å². The minimum absolute atomic E-state index is 0. The molecule has 0 aliphatic heterocycles. The van der Waals surface area contributed by atoms with E-state index < -0.39 is 0 Å². The largest absolute Gasteiger partial charge is 4.00 e. The first-order chi connectivity index (χ1) is 0. The zero-order valence-electron chi connectivity index (χ0n) is 2.63. The van der Waals surface area contributed by atoms with Gasteiger partial charge in [0.05, 0.1) is 0 Å². The first-order valence-electron chi connectivity index (χ1n) is 0.